The largest absolute Gasteiger partial charge is 0.492 e. The minimum Gasteiger partial charge on any atom is -0.492 e. The number of aryl methyl sites for hydroxylation is 1. The van der Waals surface area contributed by atoms with Gasteiger partial charge in [-0.15, -0.1) is 0 Å². The summed E-state index contributed by atoms with van der Waals surface area (Å²) in [5.41, 5.74) is 2.57. The molecule has 3 aromatic carbocycles. The fourth-order valence-electron chi connectivity index (χ4n) is 3.96. The molecule has 0 aliphatic carbocycles. The van der Waals surface area contributed by atoms with Gasteiger partial charge in [-0.1, -0.05) is 36.4 Å². The molecule has 0 aliphatic rings. The van der Waals surface area contributed by atoms with E-state index in [1.165, 1.54) is 24.3 Å². The summed E-state index contributed by atoms with van der Waals surface area (Å²) in [7, 11) is 0. The number of carboxylic acids is 1. The minimum absolute atomic E-state index is 0.247. The van der Waals surface area contributed by atoms with Crippen molar-refractivity contribution in [1.29, 1.82) is 0 Å². The molecule has 1 atom stereocenters. The molecule has 39 heavy (non-hydrogen) atoms. The number of hydrogen-bond donors (Lipinski definition) is 2. The van der Waals surface area contributed by atoms with Crippen LogP contribution in [-0.4, -0.2) is 54.4 Å². The highest BCUT2D eigenvalue weighted by atomic mass is 19.1. The molecule has 0 bridgehead atoms. The van der Waals surface area contributed by atoms with Gasteiger partial charge in [-0.05, 0) is 72.9 Å². The van der Waals surface area contributed by atoms with E-state index in [4.69, 9.17) is 9.47 Å². The first kappa shape index (κ1) is 29.6. The summed E-state index contributed by atoms with van der Waals surface area (Å²) in [6.07, 6.45) is 0.705. The smallest absolute Gasteiger partial charge is 0.333 e. The van der Waals surface area contributed by atoms with Gasteiger partial charge in [0.25, 0.3) is 0 Å². The van der Waals surface area contributed by atoms with Gasteiger partial charge in [-0.3, -0.25) is 0 Å². The van der Waals surface area contributed by atoms with Gasteiger partial charge in [0, 0.05) is 26.1 Å². The van der Waals surface area contributed by atoms with Crippen LogP contribution in [0.4, 0.5) is 13.6 Å². The second kappa shape index (κ2) is 15.4. The average molecular weight is 541 g/mol. The van der Waals surface area contributed by atoms with Crippen LogP contribution in [0.15, 0.2) is 72.8 Å². The maximum atomic E-state index is 13.2. The van der Waals surface area contributed by atoms with E-state index in [2.05, 4.69) is 5.32 Å². The van der Waals surface area contributed by atoms with Crippen LogP contribution in [0.5, 0.6) is 5.75 Å². The average Bonchev–Trinajstić information content (AvgIpc) is 2.93. The quantitative estimate of drug-likeness (QED) is 0.276. The Balaban J connectivity index is 1.53. The molecule has 0 spiro atoms. The first-order valence-corrected chi connectivity index (χ1v) is 12.9. The number of amides is 2. The van der Waals surface area contributed by atoms with Crippen LogP contribution in [0.2, 0.25) is 0 Å². The summed E-state index contributed by atoms with van der Waals surface area (Å²) in [6, 6.07) is 19.1. The van der Waals surface area contributed by atoms with Crippen LogP contribution in [-0.2, 0) is 28.9 Å². The molecular formula is C30H34F2N2O5. The molecule has 0 heterocycles. The van der Waals surface area contributed by atoms with E-state index in [1.807, 2.05) is 0 Å². The maximum absolute atomic E-state index is 13.2. The molecule has 208 valence electrons. The molecule has 7 nitrogen and oxygen atoms in total. The van der Waals surface area contributed by atoms with Gasteiger partial charge in [-0.2, -0.15) is 0 Å². The van der Waals surface area contributed by atoms with Crippen LogP contribution in [0.1, 0.15) is 30.0 Å². The highest BCUT2D eigenvalue weighted by Gasteiger charge is 2.18. The number of nitrogens with one attached hydrogen (secondary N) is 1. The van der Waals surface area contributed by atoms with Crippen LogP contribution >= 0.6 is 0 Å². The number of halogens is 2. The Morgan fingerprint density at radius 2 is 1.46 bits per heavy atom. The predicted molar refractivity (Wildman–Crippen MR) is 144 cm³/mol. The fourth-order valence-corrected chi connectivity index (χ4v) is 3.96. The fraction of sp³-hybridized carbons (Fsp3) is 0.333. The van der Waals surface area contributed by atoms with Gasteiger partial charge in [0.15, 0.2) is 6.10 Å². The Hall–Kier alpha value is -3.98. The van der Waals surface area contributed by atoms with Crippen molar-refractivity contribution >= 4 is 12.0 Å². The summed E-state index contributed by atoms with van der Waals surface area (Å²) in [5, 5.41) is 12.1. The third kappa shape index (κ3) is 10.4. The van der Waals surface area contributed by atoms with Crippen molar-refractivity contribution in [1.82, 2.24) is 10.2 Å². The second-order valence-electron chi connectivity index (χ2n) is 8.98. The Labute approximate surface area is 227 Å². The minimum atomic E-state index is -1.01. The normalized spacial score (nSPS) is 11.6. The van der Waals surface area contributed by atoms with Crippen molar-refractivity contribution in [3.05, 3.63) is 101 Å². The molecule has 0 saturated carbocycles. The third-order valence-electron chi connectivity index (χ3n) is 6.07. The summed E-state index contributed by atoms with van der Waals surface area (Å²) in [5.74, 6) is -1.04. The SMILES string of the molecule is CCOC(Cc1ccc(OCCN(CCCc2ccc(F)cc2)C(=O)NCc2ccc(F)cc2)cc1)C(=O)O. The van der Waals surface area contributed by atoms with Crippen molar-refractivity contribution in [3.8, 4) is 5.75 Å². The molecule has 3 rings (SSSR count). The number of carbonyl (C=O) groups is 2. The molecule has 2 amide bonds. The van der Waals surface area contributed by atoms with E-state index in [1.54, 1.807) is 60.4 Å². The number of carbonyl (C=O) groups excluding carboxylic acids is 1. The van der Waals surface area contributed by atoms with E-state index in [0.29, 0.717) is 38.3 Å². The van der Waals surface area contributed by atoms with Gasteiger partial charge in [0.05, 0.1) is 6.54 Å². The lowest BCUT2D eigenvalue weighted by Gasteiger charge is -2.23. The summed E-state index contributed by atoms with van der Waals surface area (Å²) in [6.45, 7) is 3.36. The van der Waals surface area contributed by atoms with Gasteiger partial charge in [-0.25, -0.2) is 18.4 Å². The summed E-state index contributed by atoms with van der Waals surface area (Å²) >= 11 is 0. The third-order valence-corrected chi connectivity index (χ3v) is 6.07. The molecule has 0 aromatic heterocycles. The lowest BCUT2D eigenvalue weighted by Crippen LogP contribution is -2.42. The van der Waals surface area contributed by atoms with E-state index >= 15 is 0 Å². The lowest BCUT2D eigenvalue weighted by molar-refractivity contribution is -0.149. The molecule has 1 unspecified atom stereocenters. The summed E-state index contributed by atoms with van der Waals surface area (Å²) < 4.78 is 37.5. The molecule has 2 N–H and O–H groups in total. The zero-order chi connectivity index (χ0) is 28.0. The number of benzene rings is 3. The van der Waals surface area contributed by atoms with Crippen LogP contribution in [0, 0.1) is 11.6 Å². The topological polar surface area (TPSA) is 88.1 Å². The van der Waals surface area contributed by atoms with Crippen molar-refractivity contribution < 1.29 is 33.0 Å². The van der Waals surface area contributed by atoms with Gasteiger partial charge < -0.3 is 24.8 Å². The standard InChI is InChI=1S/C30H34F2N2O5/c1-2-38-28(29(35)36)20-23-9-15-27(16-10-23)39-19-18-34(17-3-4-22-5-11-25(31)12-6-22)30(37)33-21-24-7-13-26(32)14-8-24/h5-16,28H,2-4,17-21H2,1H3,(H,33,37)(H,35,36). The number of ether oxygens (including phenoxy) is 2. The van der Waals surface area contributed by atoms with Crippen LogP contribution < -0.4 is 10.1 Å². The molecule has 0 aliphatic heterocycles. The molecule has 9 heteroatoms. The summed E-state index contributed by atoms with van der Waals surface area (Å²) in [4.78, 5) is 25.9. The maximum Gasteiger partial charge on any atom is 0.333 e. The van der Waals surface area contributed by atoms with Crippen molar-refractivity contribution in [2.75, 3.05) is 26.3 Å². The van der Waals surface area contributed by atoms with Crippen molar-refractivity contribution in [2.45, 2.75) is 38.8 Å². The molecular weight excluding hydrogens is 506 g/mol. The Morgan fingerprint density at radius 3 is 2.05 bits per heavy atom. The number of nitrogens with zero attached hydrogens (tertiary/aromatic N) is 1. The molecule has 0 radical (unpaired) electrons. The highest BCUT2D eigenvalue weighted by molar-refractivity contribution is 5.74. The molecule has 0 saturated heterocycles. The predicted octanol–water partition coefficient (Wildman–Crippen LogP) is 5.22. The number of aliphatic carboxylic acids is 1. The Morgan fingerprint density at radius 1 is 0.872 bits per heavy atom. The van der Waals surface area contributed by atoms with Crippen molar-refractivity contribution in [2.24, 2.45) is 0 Å². The van der Waals surface area contributed by atoms with Gasteiger partial charge in [0.1, 0.15) is 24.0 Å². The number of hydrogen-bond acceptors (Lipinski definition) is 4. The van der Waals surface area contributed by atoms with E-state index in [9.17, 15) is 23.5 Å². The van der Waals surface area contributed by atoms with E-state index in [0.717, 1.165) is 16.7 Å². The Bertz CT molecular complexity index is 1170. The lowest BCUT2D eigenvalue weighted by atomic mass is 10.1. The second-order valence-corrected chi connectivity index (χ2v) is 8.98. The Kier molecular flexibility index (Phi) is 11.7. The van der Waals surface area contributed by atoms with Crippen LogP contribution in [0.3, 0.4) is 0 Å². The number of rotatable bonds is 15. The van der Waals surface area contributed by atoms with Gasteiger partial charge >= 0.3 is 12.0 Å². The monoisotopic (exact) mass is 540 g/mol. The van der Waals surface area contributed by atoms with E-state index in [-0.39, 0.29) is 37.2 Å². The van der Waals surface area contributed by atoms with E-state index < -0.39 is 12.1 Å². The zero-order valence-corrected chi connectivity index (χ0v) is 21.9. The number of urea groups is 1. The van der Waals surface area contributed by atoms with Crippen LogP contribution in [0.25, 0.3) is 0 Å². The first-order valence-electron chi connectivity index (χ1n) is 12.9. The number of carboxylic acid groups (broad SMARTS) is 1. The van der Waals surface area contributed by atoms with Crippen molar-refractivity contribution in [3.63, 3.8) is 0 Å². The first-order chi connectivity index (χ1) is 18.8. The molecule has 0 fully saturated rings. The molecule has 3 aromatic rings. The zero-order valence-electron chi connectivity index (χ0n) is 21.9. The highest BCUT2D eigenvalue weighted by Crippen LogP contribution is 2.15. The van der Waals surface area contributed by atoms with Gasteiger partial charge in [0.2, 0.25) is 0 Å².